The van der Waals surface area contributed by atoms with E-state index in [-0.39, 0.29) is 0 Å². The monoisotopic (exact) mass is 229 g/mol. The third-order valence-corrected chi connectivity index (χ3v) is 2.62. The number of hydrogen-bond acceptors (Lipinski definition) is 3. The zero-order valence-electron chi connectivity index (χ0n) is 8.65. The minimum atomic E-state index is -0.924. The van der Waals surface area contributed by atoms with Crippen LogP contribution in [0.4, 0.5) is 0 Å². The van der Waals surface area contributed by atoms with E-state index in [1.54, 1.807) is 12.1 Å². The van der Waals surface area contributed by atoms with Crippen LogP contribution < -0.4 is 5.73 Å². The highest BCUT2D eigenvalue weighted by Gasteiger charge is 2.19. The van der Waals surface area contributed by atoms with Gasteiger partial charge in [-0.15, -0.1) is 0 Å². The quantitative estimate of drug-likeness (QED) is 0.731. The van der Waals surface area contributed by atoms with Gasteiger partial charge in [-0.1, -0.05) is 17.7 Å². The van der Waals surface area contributed by atoms with Crippen molar-refractivity contribution in [1.82, 2.24) is 0 Å². The maximum Gasteiger partial charge on any atom is 0.105 e. The molecular formula is C11H16ClNO2. The van der Waals surface area contributed by atoms with Crippen LogP contribution in [0.25, 0.3) is 0 Å². The Morgan fingerprint density at radius 3 is 2.67 bits per heavy atom. The van der Waals surface area contributed by atoms with Crippen LogP contribution in [0.1, 0.15) is 23.7 Å². The molecule has 0 aliphatic heterocycles. The van der Waals surface area contributed by atoms with Crippen LogP contribution in [0, 0.1) is 6.92 Å². The zero-order chi connectivity index (χ0) is 11.4. The van der Waals surface area contributed by atoms with Gasteiger partial charge in [0.25, 0.3) is 0 Å². The highest BCUT2D eigenvalue weighted by molar-refractivity contribution is 6.30. The number of halogens is 1. The van der Waals surface area contributed by atoms with Crippen molar-refractivity contribution in [2.24, 2.45) is 5.73 Å². The molecular weight excluding hydrogens is 214 g/mol. The van der Waals surface area contributed by atoms with E-state index in [0.717, 1.165) is 5.56 Å². The SMILES string of the molecule is Cc1ccc(Cl)cc1C(O)C(O)CCN. The molecule has 2 atom stereocenters. The summed E-state index contributed by atoms with van der Waals surface area (Å²) in [6.45, 7) is 2.21. The van der Waals surface area contributed by atoms with Crippen molar-refractivity contribution in [3.8, 4) is 0 Å². The van der Waals surface area contributed by atoms with Gasteiger partial charge >= 0.3 is 0 Å². The molecule has 0 radical (unpaired) electrons. The summed E-state index contributed by atoms with van der Waals surface area (Å²) >= 11 is 5.83. The predicted octanol–water partition coefficient (Wildman–Crippen LogP) is 1.39. The van der Waals surface area contributed by atoms with E-state index in [1.807, 2.05) is 13.0 Å². The smallest absolute Gasteiger partial charge is 0.105 e. The second-order valence-corrected chi connectivity index (χ2v) is 4.03. The van der Waals surface area contributed by atoms with Gasteiger partial charge in [0.2, 0.25) is 0 Å². The Hall–Kier alpha value is -0.610. The molecule has 0 saturated carbocycles. The molecule has 0 aliphatic rings. The Morgan fingerprint density at radius 2 is 2.07 bits per heavy atom. The molecule has 84 valence electrons. The van der Waals surface area contributed by atoms with E-state index >= 15 is 0 Å². The van der Waals surface area contributed by atoms with Gasteiger partial charge < -0.3 is 15.9 Å². The average Bonchev–Trinajstić information content (AvgIpc) is 2.21. The summed E-state index contributed by atoms with van der Waals surface area (Å²) in [5.41, 5.74) is 6.88. The summed E-state index contributed by atoms with van der Waals surface area (Å²) in [6.07, 6.45) is -1.40. The fraction of sp³-hybridized carbons (Fsp3) is 0.455. The Kier molecular flexibility index (Phi) is 4.54. The molecule has 4 N–H and O–H groups in total. The topological polar surface area (TPSA) is 66.5 Å². The predicted molar refractivity (Wildman–Crippen MR) is 60.8 cm³/mol. The van der Waals surface area contributed by atoms with E-state index in [0.29, 0.717) is 23.6 Å². The van der Waals surface area contributed by atoms with E-state index in [4.69, 9.17) is 17.3 Å². The van der Waals surface area contributed by atoms with Gasteiger partial charge in [0.1, 0.15) is 6.10 Å². The van der Waals surface area contributed by atoms with Crippen LogP contribution in [0.5, 0.6) is 0 Å². The van der Waals surface area contributed by atoms with Crippen molar-refractivity contribution in [1.29, 1.82) is 0 Å². The Balaban J connectivity index is 2.89. The highest BCUT2D eigenvalue weighted by atomic mass is 35.5. The summed E-state index contributed by atoms with van der Waals surface area (Å²) in [5.74, 6) is 0. The van der Waals surface area contributed by atoms with Gasteiger partial charge in [-0.2, -0.15) is 0 Å². The molecule has 1 aromatic carbocycles. The van der Waals surface area contributed by atoms with Crippen molar-refractivity contribution in [3.63, 3.8) is 0 Å². The summed E-state index contributed by atoms with van der Waals surface area (Å²) < 4.78 is 0. The lowest BCUT2D eigenvalue weighted by molar-refractivity contribution is 0.0146. The average molecular weight is 230 g/mol. The largest absolute Gasteiger partial charge is 0.390 e. The van der Waals surface area contributed by atoms with Crippen LogP contribution in [0.2, 0.25) is 5.02 Å². The molecule has 2 unspecified atom stereocenters. The van der Waals surface area contributed by atoms with Gasteiger partial charge in [0.15, 0.2) is 0 Å². The van der Waals surface area contributed by atoms with Gasteiger partial charge in [-0.3, -0.25) is 0 Å². The minimum absolute atomic E-state index is 0.345. The van der Waals surface area contributed by atoms with Gasteiger partial charge in [0, 0.05) is 5.02 Å². The lowest BCUT2D eigenvalue weighted by atomic mass is 9.98. The first-order valence-electron chi connectivity index (χ1n) is 4.88. The summed E-state index contributed by atoms with van der Waals surface area (Å²) in [7, 11) is 0. The van der Waals surface area contributed by atoms with Crippen LogP contribution in [0.3, 0.4) is 0 Å². The molecule has 15 heavy (non-hydrogen) atoms. The number of aryl methyl sites for hydroxylation is 1. The van der Waals surface area contributed by atoms with E-state index in [9.17, 15) is 10.2 Å². The number of aliphatic hydroxyl groups is 2. The molecule has 0 saturated heterocycles. The second kappa shape index (κ2) is 5.47. The van der Waals surface area contributed by atoms with Crippen LogP contribution in [-0.2, 0) is 0 Å². The Morgan fingerprint density at radius 1 is 1.40 bits per heavy atom. The van der Waals surface area contributed by atoms with E-state index in [1.165, 1.54) is 0 Å². The molecule has 3 nitrogen and oxygen atoms in total. The molecule has 1 rings (SSSR count). The molecule has 0 bridgehead atoms. The Bertz CT molecular complexity index is 330. The van der Waals surface area contributed by atoms with Crippen molar-refractivity contribution in [2.75, 3.05) is 6.54 Å². The normalized spacial score (nSPS) is 15.0. The maximum atomic E-state index is 9.86. The van der Waals surface area contributed by atoms with Crippen LogP contribution >= 0.6 is 11.6 Å². The van der Waals surface area contributed by atoms with E-state index in [2.05, 4.69) is 0 Å². The molecule has 4 heteroatoms. The summed E-state index contributed by atoms with van der Waals surface area (Å²) in [5, 5.41) is 20.0. The van der Waals surface area contributed by atoms with Crippen molar-refractivity contribution in [2.45, 2.75) is 25.6 Å². The molecule has 1 aromatic rings. The third-order valence-electron chi connectivity index (χ3n) is 2.39. The zero-order valence-corrected chi connectivity index (χ0v) is 9.41. The number of rotatable bonds is 4. The third kappa shape index (κ3) is 3.18. The van der Waals surface area contributed by atoms with Crippen molar-refractivity contribution >= 4 is 11.6 Å². The van der Waals surface area contributed by atoms with E-state index < -0.39 is 12.2 Å². The Labute approximate surface area is 94.5 Å². The fourth-order valence-electron chi connectivity index (χ4n) is 1.47. The number of aliphatic hydroxyl groups excluding tert-OH is 2. The molecule has 0 aliphatic carbocycles. The summed E-state index contributed by atoms with van der Waals surface area (Å²) in [4.78, 5) is 0. The maximum absolute atomic E-state index is 9.86. The van der Waals surface area contributed by atoms with Crippen molar-refractivity contribution in [3.05, 3.63) is 34.3 Å². The highest BCUT2D eigenvalue weighted by Crippen LogP contribution is 2.25. The van der Waals surface area contributed by atoms with Crippen LogP contribution in [0.15, 0.2) is 18.2 Å². The first kappa shape index (κ1) is 12.5. The lowest BCUT2D eigenvalue weighted by Crippen LogP contribution is -2.22. The number of benzene rings is 1. The minimum Gasteiger partial charge on any atom is -0.390 e. The molecule has 0 fully saturated rings. The standard InChI is InChI=1S/C11H16ClNO2/c1-7-2-3-8(12)6-9(7)11(15)10(14)4-5-13/h2-3,6,10-11,14-15H,4-5,13H2,1H3. The van der Waals surface area contributed by atoms with Gasteiger partial charge in [-0.25, -0.2) is 0 Å². The number of nitrogens with two attached hydrogens (primary N) is 1. The van der Waals surface area contributed by atoms with Crippen LogP contribution in [-0.4, -0.2) is 22.9 Å². The number of hydrogen-bond donors (Lipinski definition) is 3. The molecule has 0 aromatic heterocycles. The second-order valence-electron chi connectivity index (χ2n) is 3.59. The van der Waals surface area contributed by atoms with Gasteiger partial charge in [0.05, 0.1) is 6.10 Å². The van der Waals surface area contributed by atoms with Crippen molar-refractivity contribution < 1.29 is 10.2 Å². The lowest BCUT2D eigenvalue weighted by Gasteiger charge is -2.19. The molecule has 0 amide bonds. The van der Waals surface area contributed by atoms with Gasteiger partial charge in [-0.05, 0) is 43.1 Å². The fourth-order valence-corrected chi connectivity index (χ4v) is 1.65. The first-order valence-corrected chi connectivity index (χ1v) is 5.26. The summed E-state index contributed by atoms with van der Waals surface area (Å²) in [6, 6.07) is 5.24. The molecule has 0 heterocycles. The molecule has 0 spiro atoms. The first-order chi connectivity index (χ1) is 7.06.